The van der Waals surface area contributed by atoms with E-state index < -0.39 is 0 Å². The largest absolute Gasteiger partial charge is 0.490 e. The van der Waals surface area contributed by atoms with Crippen LogP contribution in [0.15, 0.2) is 42.5 Å². The molecule has 2 aliphatic heterocycles. The van der Waals surface area contributed by atoms with Crippen molar-refractivity contribution < 1.29 is 14.3 Å². The third-order valence-electron chi connectivity index (χ3n) is 5.25. The van der Waals surface area contributed by atoms with Crippen LogP contribution in [0.25, 0.3) is 0 Å². The first kappa shape index (κ1) is 19.1. The number of fused-ring (bicyclic) bond motifs is 1. The molecule has 2 aromatic carbocycles. The summed E-state index contributed by atoms with van der Waals surface area (Å²) in [6, 6.07) is 14.0. The van der Waals surface area contributed by atoms with E-state index in [0.717, 1.165) is 42.9 Å². The van der Waals surface area contributed by atoms with Gasteiger partial charge in [-0.25, -0.2) is 0 Å². The molecule has 5 nitrogen and oxygen atoms in total. The van der Waals surface area contributed by atoms with Crippen molar-refractivity contribution in [2.45, 2.75) is 31.8 Å². The Bertz CT molecular complexity index is 842. The summed E-state index contributed by atoms with van der Waals surface area (Å²) >= 11 is 6.01. The number of nitrogens with zero attached hydrogens (tertiary/aromatic N) is 1. The summed E-state index contributed by atoms with van der Waals surface area (Å²) in [5, 5.41) is 3.68. The first-order chi connectivity index (χ1) is 13.7. The highest BCUT2D eigenvalue weighted by Gasteiger charge is 2.28. The summed E-state index contributed by atoms with van der Waals surface area (Å²) < 4.78 is 11.6. The van der Waals surface area contributed by atoms with E-state index in [1.807, 2.05) is 30.3 Å². The molecule has 0 unspecified atom stereocenters. The van der Waals surface area contributed by atoms with Crippen LogP contribution in [0.5, 0.6) is 11.5 Å². The van der Waals surface area contributed by atoms with Gasteiger partial charge in [-0.15, -0.1) is 0 Å². The van der Waals surface area contributed by atoms with Gasteiger partial charge < -0.3 is 14.8 Å². The summed E-state index contributed by atoms with van der Waals surface area (Å²) in [5.41, 5.74) is 2.19. The van der Waals surface area contributed by atoms with E-state index in [-0.39, 0.29) is 11.9 Å². The number of likely N-dealkylation sites (tertiary alicyclic amines) is 1. The predicted molar refractivity (Wildman–Crippen MR) is 109 cm³/mol. The van der Waals surface area contributed by atoms with Gasteiger partial charge in [0.15, 0.2) is 11.5 Å². The molecule has 28 heavy (non-hydrogen) atoms. The fourth-order valence-electron chi connectivity index (χ4n) is 3.87. The number of carbonyl (C=O) groups is 1. The SMILES string of the molecule is O=C(CN1CCC[C@@H]1c1ccc2c(c1)OCCCO2)NCc1cccc(Cl)c1. The first-order valence-corrected chi connectivity index (χ1v) is 10.2. The van der Waals surface area contributed by atoms with Gasteiger partial charge in [0.05, 0.1) is 19.8 Å². The molecule has 4 rings (SSSR count). The van der Waals surface area contributed by atoms with Crippen LogP contribution in [0, 0.1) is 0 Å². The fraction of sp³-hybridized carbons (Fsp3) is 0.409. The zero-order valence-electron chi connectivity index (χ0n) is 15.8. The molecule has 0 aromatic heterocycles. The first-order valence-electron chi connectivity index (χ1n) is 9.84. The molecule has 2 aliphatic rings. The highest BCUT2D eigenvalue weighted by Crippen LogP contribution is 2.37. The summed E-state index contributed by atoms with van der Waals surface area (Å²) in [6.07, 6.45) is 3.02. The van der Waals surface area contributed by atoms with Crippen molar-refractivity contribution >= 4 is 17.5 Å². The molecule has 0 bridgehead atoms. The summed E-state index contributed by atoms with van der Waals surface area (Å²) in [6.45, 7) is 3.16. The Morgan fingerprint density at radius 3 is 2.82 bits per heavy atom. The van der Waals surface area contributed by atoms with Crippen molar-refractivity contribution in [3.63, 3.8) is 0 Å². The average molecular weight is 401 g/mol. The molecule has 2 heterocycles. The number of hydrogen-bond donors (Lipinski definition) is 1. The van der Waals surface area contributed by atoms with E-state index in [0.29, 0.717) is 31.3 Å². The average Bonchev–Trinajstić information content (AvgIpc) is 3.02. The van der Waals surface area contributed by atoms with Crippen LogP contribution in [0.1, 0.15) is 36.4 Å². The molecule has 1 saturated heterocycles. The van der Waals surface area contributed by atoms with Crippen LogP contribution >= 0.6 is 11.6 Å². The lowest BCUT2D eigenvalue weighted by Gasteiger charge is -2.25. The maximum Gasteiger partial charge on any atom is 0.234 e. The molecule has 0 aliphatic carbocycles. The monoisotopic (exact) mass is 400 g/mol. The summed E-state index contributed by atoms with van der Waals surface area (Å²) in [7, 11) is 0. The lowest BCUT2D eigenvalue weighted by molar-refractivity contribution is -0.122. The van der Waals surface area contributed by atoms with E-state index in [2.05, 4.69) is 22.3 Å². The van der Waals surface area contributed by atoms with Gasteiger partial charge in [0, 0.05) is 24.0 Å². The highest BCUT2D eigenvalue weighted by molar-refractivity contribution is 6.30. The molecule has 1 atom stereocenters. The van der Waals surface area contributed by atoms with Crippen molar-refractivity contribution in [3.05, 3.63) is 58.6 Å². The highest BCUT2D eigenvalue weighted by atomic mass is 35.5. The Morgan fingerprint density at radius 2 is 1.96 bits per heavy atom. The molecule has 1 amide bonds. The molecular formula is C22H25ClN2O3. The van der Waals surface area contributed by atoms with E-state index in [1.54, 1.807) is 0 Å². The van der Waals surface area contributed by atoms with Gasteiger partial charge in [-0.3, -0.25) is 9.69 Å². The minimum Gasteiger partial charge on any atom is -0.490 e. The Morgan fingerprint density at radius 1 is 1.11 bits per heavy atom. The molecule has 148 valence electrons. The van der Waals surface area contributed by atoms with Gasteiger partial charge in [-0.05, 0) is 54.8 Å². The molecule has 6 heteroatoms. The summed E-state index contributed by atoms with van der Waals surface area (Å²) in [4.78, 5) is 14.7. The topological polar surface area (TPSA) is 50.8 Å². The quantitative estimate of drug-likeness (QED) is 0.825. The van der Waals surface area contributed by atoms with Gasteiger partial charge in [0.25, 0.3) is 0 Å². The number of carbonyl (C=O) groups excluding carboxylic acids is 1. The molecule has 0 spiro atoms. The number of amides is 1. The molecule has 0 radical (unpaired) electrons. The Hall–Kier alpha value is -2.24. The van der Waals surface area contributed by atoms with Gasteiger partial charge in [-0.2, -0.15) is 0 Å². The van der Waals surface area contributed by atoms with Gasteiger partial charge in [0.2, 0.25) is 5.91 Å². The van der Waals surface area contributed by atoms with Crippen LogP contribution < -0.4 is 14.8 Å². The van der Waals surface area contributed by atoms with Crippen LogP contribution in [-0.4, -0.2) is 37.1 Å². The van der Waals surface area contributed by atoms with E-state index in [4.69, 9.17) is 21.1 Å². The smallest absolute Gasteiger partial charge is 0.234 e. The number of ether oxygens (including phenoxy) is 2. The van der Waals surface area contributed by atoms with Crippen molar-refractivity contribution in [3.8, 4) is 11.5 Å². The van der Waals surface area contributed by atoms with E-state index >= 15 is 0 Å². The normalized spacial score (nSPS) is 19.2. The second-order valence-corrected chi connectivity index (χ2v) is 7.73. The molecule has 1 fully saturated rings. The lowest BCUT2D eigenvalue weighted by Crippen LogP contribution is -2.36. The van der Waals surface area contributed by atoms with E-state index in [1.165, 1.54) is 5.56 Å². The van der Waals surface area contributed by atoms with Gasteiger partial charge >= 0.3 is 0 Å². The number of hydrogen-bond acceptors (Lipinski definition) is 4. The summed E-state index contributed by atoms with van der Waals surface area (Å²) in [5.74, 6) is 1.65. The van der Waals surface area contributed by atoms with Gasteiger partial charge in [-0.1, -0.05) is 29.8 Å². The molecular weight excluding hydrogens is 376 g/mol. The Kier molecular flexibility index (Phi) is 6.03. The number of halogens is 1. The van der Waals surface area contributed by atoms with Crippen LogP contribution in [0.4, 0.5) is 0 Å². The zero-order chi connectivity index (χ0) is 19.3. The third-order valence-corrected chi connectivity index (χ3v) is 5.48. The number of benzene rings is 2. The fourth-order valence-corrected chi connectivity index (χ4v) is 4.08. The Balaban J connectivity index is 1.38. The maximum atomic E-state index is 12.5. The Labute approximate surface area is 170 Å². The number of nitrogens with one attached hydrogen (secondary N) is 1. The number of rotatable bonds is 5. The predicted octanol–water partition coefficient (Wildman–Crippen LogP) is 3.95. The van der Waals surface area contributed by atoms with Crippen molar-refractivity contribution in [1.82, 2.24) is 10.2 Å². The minimum absolute atomic E-state index is 0.0289. The van der Waals surface area contributed by atoms with Crippen LogP contribution in [0.3, 0.4) is 0 Å². The van der Waals surface area contributed by atoms with Crippen molar-refractivity contribution in [2.75, 3.05) is 26.3 Å². The third kappa shape index (κ3) is 4.59. The van der Waals surface area contributed by atoms with Gasteiger partial charge in [0.1, 0.15) is 0 Å². The minimum atomic E-state index is 0.0289. The molecule has 0 saturated carbocycles. The van der Waals surface area contributed by atoms with Crippen LogP contribution in [0.2, 0.25) is 5.02 Å². The maximum absolute atomic E-state index is 12.5. The lowest BCUT2D eigenvalue weighted by atomic mass is 10.0. The van der Waals surface area contributed by atoms with E-state index in [9.17, 15) is 4.79 Å². The van der Waals surface area contributed by atoms with Crippen molar-refractivity contribution in [1.29, 1.82) is 0 Å². The zero-order valence-corrected chi connectivity index (χ0v) is 16.6. The molecule has 1 N–H and O–H groups in total. The standard InChI is InChI=1S/C22H25ClN2O3/c23-18-5-1-4-16(12-18)14-24-22(26)15-25-9-2-6-19(25)17-7-8-20-21(13-17)28-11-3-10-27-20/h1,4-5,7-8,12-13,19H,2-3,6,9-11,14-15H2,(H,24,26)/t19-/m1/s1. The second kappa shape index (κ2) is 8.84. The van der Waals surface area contributed by atoms with Crippen molar-refractivity contribution in [2.24, 2.45) is 0 Å². The molecule has 2 aromatic rings. The second-order valence-electron chi connectivity index (χ2n) is 7.29. The van der Waals surface area contributed by atoms with Crippen LogP contribution in [-0.2, 0) is 11.3 Å².